The molecule has 0 aromatic carbocycles. The predicted octanol–water partition coefficient (Wildman–Crippen LogP) is 3.80. The molecule has 2 aliphatic rings. The zero-order valence-corrected chi connectivity index (χ0v) is 13.8. The van der Waals surface area contributed by atoms with Gasteiger partial charge >= 0.3 is 0 Å². The van der Waals surface area contributed by atoms with Crippen LogP contribution in [0.3, 0.4) is 0 Å². The summed E-state index contributed by atoms with van der Waals surface area (Å²) in [6.07, 6.45) is 3.37. The van der Waals surface area contributed by atoms with Crippen molar-refractivity contribution < 1.29 is 14.0 Å². The lowest BCUT2D eigenvalue weighted by molar-refractivity contribution is -0.116. The second kappa shape index (κ2) is 5.06. The number of ether oxygens (including phenoxy) is 1. The Kier molecular flexibility index (Phi) is 3.94. The number of Topliss-reactive ketones (excluding diaryl/α,β-unsaturated/α-hetero) is 1. The highest BCUT2D eigenvalue weighted by molar-refractivity contribution is 6.74. The molecule has 1 atom stereocenters. The monoisotopic (exact) mass is 282 g/mol. The van der Waals surface area contributed by atoms with E-state index < -0.39 is 8.32 Å². The normalized spacial score (nSPS) is 24.5. The Bertz CT molecular complexity index is 404. The lowest BCUT2D eigenvalue weighted by atomic mass is 9.95. The van der Waals surface area contributed by atoms with Crippen LogP contribution in [0.1, 0.15) is 46.5 Å². The molecule has 0 radical (unpaired) electrons. The van der Waals surface area contributed by atoms with Crippen molar-refractivity contribution in [3.63, 3.8) is 0 Å². The predicted molar refractivity (Wildman–Crippen MR) is 78.5 cm³/mol. The molecule has 0 aromatic rings. The molecule has 1 aliphatic carbocycles. The van der Waals surface area contributed by atoms with Gasteiger partial charge in [-0.3, -0.25) is 4.79 Å². The minimum Gasteiger partial charge on any atom is -0.492 e. The smallest absolute Gasteiger partial charge is 0.192 e. The molecule has 0 aromatic heterocycles. The molecule has 1 heterocycles. The van der Waals surface area contributed by atoms with Gasteiger partial charge in [0.05, 0.1) is 6.61 Å². The molecular weight excluding hydrogens is 256 g/mol. The summed E-state index contributed by atoms with van der Waals surface area (Å²) in [5.41, 5.74) is 0.940. The van der Waals surface area contributed by atoms with Crippen molar-refractivity contribution in [2.75, 3.05) is 6.61 Å². The minimum absolute atomic E-state index is 0.0566. The van der Waals surface area contributed by atoms with Crippen molar-refractivity contribution in [3.05, 3.63) is 11.3 Å². The summed E-state index contributed by atoms with van der Waals surface area (Å²) in [4.78, 5) is 11.8. The molecule has 19 heavy (non-hydrogen) atoms. The van der Waals surface area contributed by atoms with Crippen LogP contribution in [0.5, 0.6) is 0 Å². The Morgan fingerprint density at radius 2 is 2.00 bits per heavy atom. The van der Waals surface area contributed by atoms with E-state index >= 15 is 0 Å². The molecule has 4 heteroatoms. The fourth-order valence-corrected chi connectivity index (χ4v) is 3.34. The summed E-state index contributed by atoms with van der Waals surface area (Å²) in [5.74, 6) is 1.23. The summed E-state index contributed by atoms with van der Waals surface area (Å²) in [5, 5.41) is 0.217. The number of ketones is 1. The maximum atomic E-state index is 11.8. The van der Waals surface area contributed by atoms with Crippen molar-refractivity contribution in [1.29, 1.82) is 0 Å². The van der Waals surface area contributed by atoms with Gasteiger partial charge in [-0.15, -0.1) is 0 Å². The molecule has 1 aliphatic heterocycles. The summed E-state index contributed by atoms with van der Waals surface area (Å²) >= 11 is 0. The molecule has 0 spiro atoms. The van der Waals surface area contributed by atoms with Crippen LogP contribution in [0, 0.1) is 0 Å². The highest BCUT2D eigenvalue weighted by atomic mass is 28.4. The summed E-state index contributed by atoms with van der Waals surface area (Å²) in [7, 11) is -1.72. The molecule has 2 rings (SSSR count). The number of carbonyl (C=O) groups is 1. The van der Waals surface area contributed by atoms with Gasteiger partial charge in [-0.2, -0.15) is 0 Å². The van der Waals surface area contributed by atoms with E-state index in [4.69, 9.17) is 9.16 Å². The molecular formula is C15H26O3Si. The fraction of sp³-hybridized carbons (Fsp3) is 0.800. The Hall–Kier alpha value is -0.613. The summed E-state index contributed by atoms with van der Waals surface area (Å²) < 4.78 is 12.1. The first kappa shape index (κ1) is 14.8. The Morgan fingerprint density at radius 3 is 2.58 bits per heavy atom. The van der Waals surface area contributed by atoms with Crippen LogP contribution in [-0.4, -0.2) is 26.8 Å². The second-order valence-electron chi connectivity index (χ2n) is 7.19. The van der Waals surface area contributed by atoms with Crippen LogP contribution in [0.15, 0.2) is 11.3 Å². The zero-order valence-electron chi connectivity index (χ0n) is 12.8. The first-order valence-electron chi connectivity index (χ1n) is 7.26. The van der Waals surface area contributed by atoms with Crippen molar-refractivity contribution >= 4 is 14.1 Å². The van der Waals surface area contributed by atoms with Crippen LogP contribution < -0.4 is 0 Å². The molecule has 108 valence electrons. The van der Waals surface area contributed by atoms with Gasteiger partial charge in [-0.1, -0.05) is 20.8 Å². The molecule has 0 amide bonds. The van der Waals surface area contributed by atoms with E-state index in [0.717, 1.165) is 30.6 Å². The van der Waals surface area contributed by atoms with Crippen LogP contribution >= 0.6 is 0 Å². The second-order valence-corrected chi connectivity index (χ2v) is 12.0. The van der Waals surface area contributed by atoms with Crippen LogP contribution in [0.4, 0.5) is 0 Å². The number of hydrogen-bond donors (Lipinski definition) is 0. The maximum Gasteiger partial charge on any atom is 0.192 e. The molecule has 0 unspecified atom stereocenters. The molecule has 0 saturated heterocycles. The van der Waals surface area contributed by atoms with Gasteiger partial charge in [0.15, 0.2) is 14.1 Å². The first-order valence-corrected chi connectivity index (χ1v) is 10.2. The quantitative estimate of drug-likeness (QED) is 0.739. The maximum absolute atomic E-state index is 11.8. The highest BCUT2D eigenvalue weighted by Crippen LogP contribution is 2.38. The third-order valence-electron chi connectivity index (χ3n) is 4.66. The van der Waals surface area contributed by atoms with Crippen molar-refractivity contribution in [3.8, 4) is 0 Å². The highest BCUT2D eigenvalue weighted by Gasteiger charge is 2.39. The fourth-order valence-electron chi connectivity index (χ4n) is 2.31. The lowest BCUT2D eigenvalue weighted by Gasteiger charge is -2.36. The van der Waals surface area contributed by atoms with Crippen molar-refractivity contribution in [2.45, 2.75) is 70.7 Å². The summed E-state index contributed by atoms with van der Waals surface area (Å²) in [6.45, 7) is 11.8. The third kappa shape index (κ3) is 3.11. The van der Waals surface area contributed by atoms with Gasteiger partial charge in [0, 0.05) is 24.8 Å². The number of allylic oxidation sites excluding steroid dienone is 1. The number of rotatable bonds is 3. The average Bonchev–Trinajstić information content (AvgIpc) is 2.69. The van der Waals surface area contributed by atoms with Crippen molar-refractivity contribution in [2.24, 2.45) is 0 Å². The molecule has 0 fully saturated rings. The van der Waals surface area contributed by atoms with Crippen LogP contribution in [-0.2, 0) is 14.0 Å². The zero-order chi connectivity index (χ0) is 14.3. The largest absolute Gasteiger partial charge is 0.492 e. The van der Waals surface area contributed by atoms with E-state index in [2.05, 4.69) is 33.9 Å². The van der Waals surface area contributed by atoms with Gasteiger partial charge in [0.25, 0.3) is 0 Å². The third-order valence-corrected chi connectivity index (χ3v) is 9.16. The first-order chi connectivity index (χ1) is 8.71. The van der Waals surface area contributed by atoms with E-state index in [-0.39, 0.29) is 16.9 Å². The molecule has 0 bridgehead atoms. The standard InChI is InChI=1S/C15H26O3Si/c1-15(2,3)19(4,5)17-10-11-9-12-13(16)7-6-8-14(12)18-11/h11H,6-10H2,1-5H3/t11-/m0/s1. The molecule has 0 saturated carbocycles. The van der Waals surface area contributed by atoms with E-state index in [9.17, 15) is 4.79 Å². The van der Waals surface area contributed by atoms with E-state index in [1.165, 1.54) is 0 Å². The van der Waals surface area contributed by atoms with Crippen molar-refractivity contribution in [1.82, 2.24) is 0 Å². The van der Waals surface area contributed by atoms with E-state index in [1.54, 1.807) is 0 Å². The Morgan fingerprint density at radius 1 is 1.32 bits per heavy atom. The molecule has 3 nitrogen and oxygen atoms in total. The van der Waals surface area contributed by atoms with Crippen LogP contribution in [0.2, 0.25) is 18.1 Å². The van der Waals surface area contributed by atoms with E-state index in [1.807, 2.05) is 0 Å². The number of hydrogen-bond acceptors (Lipinski definition) is 3. The Labute approximate surface area is 117 Å². The lowest BCUT2D eigenvalue weighted by Crippen LogP contribution is -2.42. The average molecular weight is 282 g/mol. The van der Waals surface area contributed by atoms with Gasteiger partial charge in [-0.05, 0) is 24.6 Å². The molecule has 0 N–H and O–H groups in total. The number of carbonyl (C=O) groups excluding carboxylic acids is 1. The van der Waals surface area contributed by atoms with Gasteiger partial charge < -0.3 is 9.16 Å². The van der Waals surface area contributed by atoms with Gasteiger partial charge in [-0.25, -0.2) is 0 Å². The van der Waals surface area contributed by atoms with Gasteiger partial charge in [0.1, 0.15) is 11.9 Å². The van der Waals surface area contributed by atoms with Gasteiger partial charge in [0.2, 0.25) is 0 Å². The Balaban J connectivity index is 1.90. The van der Waals surface area contributed by atoms with E-state index in [0.29, 0.717) is 13.0 Å². The SMILES string of the molecule is CC(C)(C)[Si](C)(C)OC[C@@H]1CC2=C(CCCC2=O)O1. The van der Waals surface area contributed by atoms with Crippen LogP contribution in [0.25, 0.3) is 0 Å². The minimum atomic E-state index is -1.72. The summed E-state index contributed by atoms with van der Waals surface area (Å²) in [6, 6.07) is 0. The topological polar surface area (TPSA) is 35.5 Å².